The number of rotatable bonds is 3. The summed E-state index contributed by atoms with van der Waals surface area (Å²) in [4.78, 5) is 12.5. The molecule has 0 radical (unpaired) electrons. The van der Waals surface area contributed by atoms with Gasteiger partial charge in [-0.3, -0.25) is 4.79 Å². The standard InChI is InChI=1S/C12H16O2S/c1-12(2,3)14-11(13)8-4-6-10-7-5-9-15-10/h4-7,9H,8H2,1-3H3/b6-4+. The second-order valence-corrected chi connectivity index (χ2v) is 5.19. The minimum absolute atomic E-state index is 0.185. The Morgan fingerprint density at radius 3 is 2.80 bits per heavy atom. The molecule has 1 heterocycles. The molecule has 15 heavy (non-hydrogen) atoms. The first-order valence-electron chi connectivity index (χ1n) is 4.89. The molecule has 0 amide bonds. The molecule has 0 aliphatic heterocycles. The van der Waals surface area contributed by atoms with Crippen LogP contribution in [0.1, 0.15) is 32.1 Å². The number of carbonyl (C=O) groups is 1. The van der Waals surface area contributed by atoms with Gasteiger partial charge in [-0.1, -0.05) is 12.1 Å². The highest BCUT2D eigenvalue weighted by molar-refractivity contribution is 7.10. The minimum Gasteiger partial charge on any atom is -0.460 e. The molecule has 0 saturated carbocycles. The van der Waals surface area contributed by atoms with Crippen molar-refractivity contribution < 1.29 is 9.53 Å². The van der Waals surface area contributed by atoms with Crippen LogP contribution in [0.5, 0.6) is 0 Å². The van der Waals surface area contributed by atoms with Gasteiger partial charge in [-0.2, -0.15) is 0 Å². The van der Waals surface area contributed by atoms with E-state index in [1.807, 2.05) is 50.4 Å². The van der Waals surface area contributed by atoms with Crippen molar-refractivity contribution in [1.82, 2.24) is 0 Å². The Kier molecular flexibility index (Phi) is 4.09. The maximum absolute atomic E-state index is 11.3. The fraction of sp³-hybridized carbons (Fsp3) is 0.417. The third-order valence-electron chi connectivity index (χ3n) is 1.53. The van der Waals surface area contributed by atoms with Gasteiger partial charge in [0.05, 0.1) is 6.42 Å². The fourth-order valence-corrected chi connectivity index (χ4v) is 1.69. The van der Waals surface area contributed by atoms with Crippen molar-refractivity contribution in [2.24, 2.45) is 0 Å². The van der Waals surface area contributed by atoms with Gasteiger partial charge in [0.25, 0.3) is 0 Å². The molecule has 0 bridgehead atoms. The molecule has 0 fully saturated rings. The number of esters is 1. The molecule has 0 N–H and O–H groups in total. The predicted octanol–water partition coefficient (Wildman–Crippen LogP) is 3.49. The summed E-state index contributed by atoms with van der Waals surface area (Å²) in [6, 6.07) is 3.99. The maximum atomic E-state index is 11.3. The third-order valence-corrected chi connectivity index (χ3v) is 2.37. The lowest BCUT2D eigenvalue weighted by atomic mass is 10.2. The van der Waals surface area contributed by atoms with Crippen molar-refractivity contribution in [2.45, 2.75) is 32.8 Å². The van der Waals surface area contributed by atoms with Crippen molar-refractivity contribution >= 4 is 23.4 Å². The SMILES string of the molecule is CC(C)(C)OC(=O)C/C=C/c1cccs1. The first-order chi connectivity index (χ1) is 6.97. The molecule has 1 aromatic rings. The van der Waals surface area contributed by atoms with Gasteiger partial charge in [0.1, 0.15) is 5.60 Å². The number of thiophene rings is 1. The van der Waals surface area contributed by atoms with E-state index in [1.54, 1.807) is 11.3 Å². The Labute approximate surface area is 94.6 Å². The highest BCUT2D eigenvalue weighted by atomic mass is 32.1. The van der Waals surface area contributed by atoms with Gasteiger partial charge >= 0.3 is 5.97 Å². The number of ether oxygens (including phenoxy) is 1. The summed E-state index contributed by atoms with van der Waals surface area (Å²) in [7, 11) is 0. The Hall–Kier alpha value is -1.09. The maximum Gasteiger partial charge on any atom is 0.310 e. The normalized spacial score (nSPS) is 11.9. The van der Waals surface area contributed by atoms with Crippen LogP contribution in [0.3, 0.4) is 0 Å². The molecule has 82 valence electrons. The topological polar surface area (TPSA) is 26.3 Å². The molecule has 0 saturated heterocycles. The molecule has 0 aliphatic carbocycles. The third kappa shape index (κ3) is 5.37. The molecular formula is C12H16O2S. The van der Waals surface area contributed by atoms with Crippen molar-refractivity contribution in [2.75, 3.05) is 0 Å². The molecule has 0 spiro atoms. The molecule has 2 nitrogen and oxygen atoms in total. The van der Waals surface area contributed by atoms with E-state index in [1.165, 1.54) is 0 Å². The lowest BCUT2D eigenvalue weighted by molar-refractivity contribution is -0.153. The lowest BCUT2D eigenvalue weighted by Crippen LogP contribution is -2.23. The van der Waals surface area contributed by atoms with Crippen LogP contribution in [0.4, 0.5) is 0 Å². The van der Waals surface area contributed by atoms with Crippen LogP contribution in [0, 0.1) is 0 Å². The van der Waals surface area contributed by atoms with Gasteiger partial charge in [-0.05, 0) is 38.3 Å². The fourth-order valence-electron chi connectivity index (χ4n) is 1.04. The quantitative estimate of drug-likeness (QED) is 0.735. The van der Waals surface area contributed by atoms with Crippen LogP contribution in [0.2, 0.25) is 0 Å². The summed E-state index contributed by atoms with van der Waals surface area (Å²) in [6.45, 7) is 5.61. The van der Waals surface area contributed by atoms with E-state index < -0.39 is 5.60 Å². The van der Waals surface area contributed by atoms with Gasteiger partial charge in [-0.15, -0.1) is 11.3 Å². The molecule has 0 unspecified atom stereocenters. The molecule has 3 heteroatoms. The zero-order valence-corrected chi connectivity index (χ0v) is 10.1. The van der Waals surface area contributed by atoms with E-state index in [4.69, 9.17) is 4.74 Å². The van der Waals surface area contributed by atoms with Gasteiger partial charge in [-0.25, -0.2) is 0 Å². The van der Waals surface area contributed by atoms with Crippen molar-refractivity contribution in [3.8, 4) is 0 Å². The lowest BCUT2D eigenvalue weighted by Gasteiger charge is -2.18. The van der Waals surface area contributed by atoms with E-state index in [2.05, 4.69) is 0 Å². The summed E-state index contributed by atoms with van der Waals surface area (Å²) >= 11 is 1.65. The second-order valence-electron chi connectivity index (χ2n) is 4.21. The van der Waals surface area contributed by atoms with Crippen molar-refractivity contribution in [1.29, 1.82) is 0 Å². The van der Waals surface area contributed by atoms with Gasteiger partial charge in [0.15, 0.2) is 0 Å². The molecule has 0 aliphatic rings. The van der Waals surface area contributed by atoms with Crippen LogP contribution in [0.15, 0.2) is 23.6 Å². The molecule has 0 atom stereocenters. The van der Waals surface area contributed by atoms with Gasteiger partial charge in [0, 0.05) is 4.88 Å². The highest BCUT2D eigenvalue weighted by Gasteiger charge is 2.14. The summed E-state index contributed by atoms with van der Waals surface area (Å²) in [5, 5.41) is 2.01. The molecule has 1 aromatic heterocycles. The Morgan fingerprint density at radius 1 is 1.53 bits per heavy atom. The van der Waals surface area contributed by atoms with Crippen LogP contribution >= 0.6 is 11.3 Å². The minimum atomic E-state index is -0.395. The van der Waals surface area contributed by atoms with Crippen LogP contribution in [-0.2, 0) is 9.53 Å². The summed E-state index contributed by atoms with van der Waals surface area (Å²) in [6.07, 6.45) is 4.10. The zero-order valence-electron chi connectivity index (χ0n) is 9.32. The summed E-state index contributed by atoms with van der Waals surface area (Å²) in [5.41, 5.74) is -0.395. The van der Waals surface area contributed by atoms with Gasteiger partial charge in [0.2, 0.25) is 0 Å². The average molecular weight is 224 g/mol. The molecule has 1 rings (SSSR count). The predicted molar refractivity (Wildman–Crippen MR) is 63.8 cm³/mol. The number of carbonyl (C=O) groups excluding carboxylic acids is 1. The van der Waals surface area contributed by atoms with Crippen molar-refractivity contribution in [3.63, 3.8) is 0 Å². The number of hydrogen-bond acceptors (Lipinski definition) is 3. The number of hydrogen-bond donors (Lipinski definition) is 0. The van der Waals surface area contributed by atoms with E-state index in [9.17, 15) is 4.79 Å². The highest BCUT2D eigenvalue weighted by Crippen LogP contribution is 2.12. The Bertz CT molecular complexity index is 331. The van der Waals surface area contributed by atoms with Crippen LogP contribution in [-0.4, -0.2) is 11.6 Å². The largest absolute Gasteiger partial charge is 0.460 e. The second kappa shape index (κ2) is 5.12. The first kappa shape index (κ1) is 12.0. The molecule has 0 aromatic carbocycles. The summed E-state index contributed by atoms with van der Waals surface area (Å²) in [5.74, 6) is -0.185. The van der Waals surface area contributed by atoms with E-state index in [0.717, 1.165) is 4.88 Å². The molecular weight excluding hydrogens is 208 g/mol. The van der Waals surface area contributed by atoms with Crippen molar-refractivity contribution in [3.05, 3.63) is 28.5 Å². The monoisotopic (exact) mass is 224 g/mol. The smallest absolute Gasteiger partial charge is 0.310 e. The van der Waals surface area contributed by atoms with E-state index in [-0.39, 0.29) is 5.97 Å². The van der Waals surface area contributed by atoms with E-state index >= 15 is 0 Å². The van der Waals surface area contributed by atoms with Crippen LogP contribution < -0.4 is 0 Å². The summed E-state index contributed by atoms with van der Waals surface area (Å²) < 4.78 is 5.17. The van der Waals surface area contributed by atoms with Crippen LogP contribution in [0.25, 0.3) is 6.08 Å². The zero-order chi connectivity index (χ0) is 11.3. The average Bonchev–Trinajstić information content (AvgIpc) is 2.53. The Balaban J connectivity index is 2.35. The van der Waals surface area contributed by atoms with E-state index in [0.29, 0.717) is 6.42 Å². The van der Waals surface area contributed by atoms with Gasteiger partial charge < -0.3 is 4.74 Å². The Morgan fingerprint density at radius 2 is 2.27 bits per heavy atom. The first-order valence-corrected chi connectivity index (χ1v) is 5.77.